The molecule has 0 atom stereocenters. The molecule has 5 nitrogen and oxygen atoms in total. The van der Waals surface area contributed by atoms with Gasteiger partial charge in [0, 0.05) is 29.6 Å². The summed E-state index contributed by atoms with van der Waals surface area (Å²) in [6.45, 7) is 9.48. The lowest BCUT2D eigenvalue weighted by Crippen LogP contribution is -2.25. The van der Waals surface area contributed by atoms with Gasteiger partial charge in [-0.25, -0.2) is 9.97 Å². The van der Waals surface area contributed by atoms with E-state index in [0.29, 0.717) is 5.82 Å². The molecule has 0 radical (unpaired) electrons. The molecule has 2 heterocycles. The van der Waals surface area contributed by atoms with Crippen molar-refractivity contribution >= 4 is 33.4 Å². The molecule has 0 fully saturated rings. The Morgan fingerprint density at radius 3 is 2.43 bits per heavy atom. The van der Waals surface area contributed by atoms with Crippen LogP contribution in [0.4, 0.5) is 11.5 Å². The number of para-hydroxylation sites is 1. The van der Waals surface area contributed by atoms with Crippen LogP contribution in [0.25, 0.3) is 21.9 Å². The lowest BCUT2D eigenvalue weighted by molar-refractivity contribution is 0.634. The first-order chi connectivity index (χ1) is 14.4. The van der Waals surface area contributed by atoms with E-state index in [1.807, 2.05) is 12.1 Å². The van der Waals surface area contributed by atoms with E-state index in [-0.39, 0.29) is 5.54 Å². The summed E-state index contributed by atoms with van der Waals surface area (Å²) in [5.41, 5.74) is 11.5. The Morgan fingerprint density at radius 1 is 1.00 bits per heavy atom. The van der Waals surface area contributed by atoms with E-state index in [0.717, 1.165) is 59.3 Å². The Balaban J connectivity index is 1.80. The van der Waals surface area contributed by atoms with Crippen LogP contribution in [-0.4, -0.2) is 20.1 Å². The number of nitrogens with two attached hydrogens (primary N) is 1. The van der Waals surface area contributed by atoms with Crippen LogP contribution in [0.2, 0.25) is 0 Å². The van der Waals surface area contributed by atoms with E-state index >= 15 is 0 Å². The molecule has 3 N–H and O–H groups in total. The first-order valence-electron chi connectivity index (χ1n) is 10.8. The zero-order valence-electron chi connectivity index (χ0n) is 18.4. The van der Waals surface area contributed by atoms with Gasteiger partial charge in [-0.3, -0.25) is 0 Å². The number of aromatic nitrogens is 3. The zero-order chi connectivity index (χ0) is 21.3. The Bertz CT molecular complexity index is 1170. The number of imidazole rings is 1. The molecule has 0 bridgehead atoms. The highest BCUT2D eigenvalue weighted by Crippen LogP contribution is 2.30. The van der Waals surface area contributed by atoms with Gasteiger partial charge in [0.2, 0.25) is 0 Å². The van der Waals surface area contributed by atoms with Crippen LogP contribution < -0.4 is 11.1 Å². The van der Waals surface area contributed by atoms with Gasteiger partial charge >= 0.3 is 0 Å². The molecule has 4 rings (SSSR count). The highest BCUT2D eigenvalue weighted by Gasteiger charge is 2.17. The second-order valence-corrected chi connectivity index (χ2v) is 9.00. The van der Waals surface area contributed by atoms with Gasteiger partial charge in [0.25, 0.3) is 0 Å². The molecule has 2 aromatic carbocycles. The summed E-state index contributed by atoms with van der Waals surface area (Å²) in [6.07, 6.45) is 3.16. The van der Waals surface area contributed by atoms with Crippen LogP contribution in [0.3, 0.4) is 0 Å². The van der Waals surface area contributed by atoms with Crippen molar-refractivity contribution in [1.29, 1.82) is 0 Å². The minimum Gasteiger partial charge on any atom is -0.382 e. The second-order valence-electron chi connectivity index (χ2n) is 9.00. The van der Waals surface area contributed by atoms with Crippen LogP contribution in [-0.2, 0) is 13.0 Å². The van der Waals surface area contributed by atoms with E-state index in [1.54, 1.807) is 0 Å². The Hall–Kier alpha value is -3.08. The number of aryl methyl sites for hydroxylation is 1. The van der Waals surface area contributed by atoms with Gasteiger partial charge in [-0.2, -0.15) is 0 Å². The summed E-state index contributed by atoms with van der Waals surface area (Å²) < 4.78 is 2.33. The Morgan fingerprint density at radius 2 is 1.73 bits per heavy atom. The molecule has 0 saturated carbocycles. The van der Waals surface area contributed by atoms with Crippen molar-refractivity contribution in [3.63, 3.8) is 0 Å². The van der Waals surface area contributed by atoms with Crippen molar-refractivity contribution in [3.05, 3.63) is 59.9 Å². The van der Waals surface area contributed by atoms with Crippen molar-refractivity contribution in [3.8, 4) is 0 Å². The van der Waals surface area contributed by atoms with E-state index in [2.05, 4.69) is 79.0 Å². The number of hydrogen-bond donors (Lipinski definition) is 2. The van der Waals surface area contributed by atoms with E-state index in [4.69, 9.17) is 10.7 Å². The van der Waals surface area contributed by atoms with Crippen LogP contribution in [0.5, 0.6) is 0 Å². The molecule has 30 heavy (non-hydrogen) atoms. The summed E-state index contributed by atoms with van der Waals surface area (Å²) in [7, 11) is 0. The molecule has 5 heteroatoms. The Labute approximate surface area is 178 Å². The van der Waals surface area contributed by atoms with Crippen LogP contribution >= 0.6 is 0 Å². The number of nitrogens with one attached hydrogen (secondary N) is 1. The third-order valence-electron chi connectivity index (χ3n) is 5.26. The van der Waals surface area contributed by atoms with E-state index in [9.17, 15) is 0 Å². The van der Waals surface area contributed by atoms with Gasteiger partial charge in [0.1, 0.15) is 11.3 Å². The normalized spacial score (nSPS) is 12.0. The number of benzene rings is 2. The van der Waals surface area contributed by atoms with Crippen molar-refractivity contribution in [2.45, 2.75) is 59.0 Å². The molecule has 0 aliphatic carbocycles. The van der Waals surface area contributed by atoms with Gasteiger partial charge in [0.15, 0.2) is 5.82 Å². The average molecular weight is 402 g/mol. The topological polar surface area (TPSA) is 68.8 Å². The highest BCUT2D eigenvalue weighted by molar-refractivity contribution is 6.06. The second kappa shape index (κ2) is 7.98. The van der Waals surface area contributed by atoms with Gasteiger partial charge in [0.05, 0.1) is 11.0 Å². The molecular formula is C25H31N5. The summed E-state index contributed by atoms with van der Waals surface area (Å²) in [4.78, 5) is 9.51. The van der Waals surface area contributed by atoms with E-state index < -0.39 is 0 Å². The fourth-order valence-corrected chi connectivity index (χ4v) is 3.91. The number of fused-ring (bicyclic) bond motifs is 3. The molecule has 0 aliphatic rings. The molecule has 0 aliphatic heterocycles. The van der Waals surface area contributed by atoms with Crippen molar-refractivity contribution in [1.82, 2.24) is 14.5 Å². The average Bonchev–Trinajstić information content (AvgIpc) is 3.06. The highest BCUT2D eigenvalue weighted by atomic mass is 15.1. The molecular weight excluding hydrogens is 370 g/mol. The third kappa shape index (κ3) is 4.11. The number of nitrogen functional groups attached to an aromatic ring is 1. The maximum absolute atomic E-state index is 6.31. The first kappa shape index (κ1) is 20.2. The lowest BCUT2D eigenvalue weighted by Gasteiger charge is -2.22. The number of nitrogens with zero attached hydrogens (tertiary/aromatic N) is 3. The van der Waals surface area contributed by atoms with Gasteiger partial charge in [-0.15, -0.1) is 0 Å². The summed E-state index contributed by atoms with van der Waals surface area (Å²) >= 11 is 0. The number of anilines is 2. The fraction of sp³-hybridized carbons (Fsp3) is 0.360. The summed E-state index contributed by atoms with van der Waals surface area (Å²) in [6, 6.07) is 16.9. The van der Waals surface area contributed by atoms with Crippen LogP contribution in [0.1, 0.15) is 51.9 Å². The van der Waals surface area contributed by atoms with Gasteiger partial charge in [-0.05, 0) is 51.0 Å². The predicted octanol–water partition coefficient (Wildman–Crippen LogP) is 5.77. The number of hydrogen-bond acceptors (Lipinski definition) is 4. The number of pyridine rings is 1. The Kier molecular flexibility index (Phi) is 5.37. The van der Waals surface area contributed by atoms with E-state index in [1.165, 1.54) is 5.56 Å². The number of rotatable bonds is 6. The van der Waals surface area contributed by atoms with Crippen molar-refractivity contribution in [2.75, 3.05) is 11.1 Å². The summed E-state index contributed by atoms with van der Waals surface area (Å²) in [5.74, 6) is 1.58. The maximum Gasteiger partial charge on any atom is 0.152 e. The van der Waals surface area contributed by atoms with Crippen LogP contribution in [0, 0.1) is 0 Å². The van der Waals surface area contributed by atoms with Crippen LogP contribution in [0.15, 0.2) is 48.5 Å². The van der Waals surface area contributed by atoms with Crippen molar-refractivity contribution < 1.29 is 0 Å². The largest absolute Gasteiger partial charge is 0.382 e. The fourth-order valence-electron chi connectivity index (χ4n) is 3.91. The predicted molar refractivity (Wildman–Crippen MR) is 127 cm³/mol. The SMILES string of the molecule is CCCCc1nc2c(N)nc3ccccc3c2n1Cc1ccc(NC(C)(C)C)cc1. The first-order valence-corrected chi connectivity index (χ1v) is 10.8. The molecule has 2 aromatic heterocycles. The monoisotopic (exact) mass is 401 g/mol. The zero-order valence-corrected chi connectivity index (χ0v) is 18.4. The lowest BCUT2D eigenvalue weighted by atomic mass is 10.1. The molecule has 0 unspecified atom stereocenters. The standard InChI is InChI=1S/C25H31N5/c1-5-6-11-21-28-22-23(19-9-7-8-10-20(19)27-24(22)26)30(21)16-17-12-14-18(15-13-17)29-25(2,3)4/h7-10,12-15,29H,5-6,11,16H2,1-4H3,(H2,26,27). The minimum absolute atomic E-state index is 0.0405. The molecule has 0 amide bonds. The minimum atomic E-state index is 0.0405. The maximum atomic E-state index is 6.31. The molecule has 4 aromatic rings. The van der Waals surface area contributed by atoms with Gasteiger partial charge in [-0.1, -0.05) is 43.7 Å². The van der Waals surface area contributed by atoms with Gasteiger partial charge < -0.3 is 15.6 Å². The number of unbranched alkanes of at least 4 members (excludes halogenated alkanes) is 1. The summed E-state index contributed by atoms with van der Waals surface area (Å²) in [5, 5.41) is 4.62. The smallest absolute Gasteiger partial charge is 0.152 e. The molecule has 0 spiro atoms. The molecule has 0 saturated heterocycles. The quantitative estimate of drug-likeness (QED) is 0.430. The third-order valence-corrected chi connectivity index (χ3v) is 5.26. The molecule has 156 valence electrons. The van der Waals surface area contributed by atoms with Crippen molar-refractivity contribution in [2.24, 2.45) is 0 Å².